The van der Waals surface area contributed by atoms with Crippen LogP contribution in [0.5, 0.6) is 5.75 Å². The summed E-state index contributed by atoms with van der Waals surface area (Å²) < 4.78 is 11.1. The van der Waals surface area contributed by atoms with Crippen LogP contribution in [0.1, 0.15) is 37.0 Å². The lowest BCUT2D eigenvalue weighted by atomic mass is 9.98. The largest absolute Gasteiger partial charge is 0.496 e. The molecular formula is C16H22N2O2. The highest BCUT2D eigenvalue weighted by Gasteiger charge is 2.17. The first-order valence-corrected chi connectivity index (χ1v) is 6.91. The number of aryl methyl sites for hydroxylation is 1. The predicted octanol–water partition coefficient (Wildman–Crippen LogP) is 3.28. The van der Waals surface area contributed by atoms with Crippen LogP contribution in [0.4, 0.5) is 0 Å². The third kappa shape index (κ3) is 2.85. The van der Waals surface area contributed by atoms with Crippen molar-refractivity contribution in [3.63, 3.8) is 0 Å². The zero-order valence-electron chi connectivity index (χ0n) is 12.6. The van der Waals surface area contributed by atoms with Crippen molar-refractivity contribution in [1.82, 2.24) is 4.98 Å². The molecule has 1 heterocycles. The molecular weight excluding hydrogens is 252 g/mol. The monoisotopic (exact) mass is 274 g/mol. The molecule has 0 aliphatic heterocycles. The minimum atomic E-state index is 0.450. The van der Waals surface area contributed by atoms with Crippen molar-refractivity contribution in [3.8, 4) is 17.0 Å². The summed E-state index contributed by atoms with van der Waals surface area (Å²) in [6, 6.07) is 6.20. The first-order chi connectivity index (χ1) is 9.56. The number of methoxy groups -OCH3 is 1. The number of nitrogens with zero attached hydrogens (tertiary/aromatic N) is 1. The molecule has 0 spiro atoms. The average Bonchev–Trinajstić information content (AvgIpc) is 2.79. The van der Waals surface area contributed by atoms with E-state index in [2.05, 4.69) is 31.0 Å². The van der Waals surface area contributed by atoms with Crippen molar-refractivity contribution in [2.75, 3.05) is 13.7 Å². The Morgan fingerprint density at radius 2 is 2.10 bits per heavy atom. The molecule has 20 heavy (non-hydrogen) atoms. The number of benzene rings is 1. The summed E-state index contributed by atoms with van der Waals surface area (Å²) in [5.41, 5.74) is 8.71. The van der Waals surface area contributed by atoms with Gasteiger partial charge in [-0.15, -0.1) is 0 Å². The standard InChI is InChI=1S/C16H22N2O2/c1-10(2)12-5-6-14(19-4)13(9-12)16-15(7-8-17)20-11(3)18-16/h5-6,9-10H,7-8,17H2,1-4H3. The van der Waals surface area contributed by atoms with E-state index in [0.29, 0.717) is 24.8 Å². The lowest BCUT2D eigenvalue weighted by molar-refractivity contribution is 0.416. The molecule has 4 nitrogen and oxygen atoms in total. The number of oxazole rings is 1. The van der Waals surface area contributed by atoms with Gasteiger partial charge >= 0.3 is 0 Å². The Morgan fingerprint density at radius 1 is 1.35 bits per heavy atom. The van der Waals surface area contributed by atoms with Crippen molar-refractivity contribution in [3.05, 3.63) is 35.4 Å². The van der Waals surface area contributed by atoms with E-state index in [1.165, 1.54) is 5.56 Å². The molecule has 1 aromatic carbocycles. The van der Waals surface area contributed by atoms with E-state index < -0.39 is 0 Å². The average molecular weight is 274 g/mol. The molecule has 2 N–H and O–H groups in total. The number of hydrogen-bond acceptors (Lipinski definition) is 4. The summed E-state index contributed by atoms with van der Waals surface area (Å²) in [5.74, 6) is 2.73. The second-order valence-corrected chi connectivity index (χ2v) is 5.16. The van der Waals surface area contributed by atoms with Crippen LogP contribution in [-0.4, -0.2) is 18.6 Å². The highest BCUT2D eigenvalue weighted by molar-refractivity contribution is 5.70. The first-order valence-electron chi connectivity index (χ1n) is 6.91. The van der Waals surface area contributed by atoms with Gasteiger partial charge in [0, 0.05) is 18.9 Å². The summed E-state index contributed by atoms with van der Waals surface area (Å²) in [7, 11) is 1.67. The van der Waals surface area contributed by atoms with Gasteiger partial charge in [0.2, 0.25) is 0 Å². The van der Waals surface area contributed by atoms with Crippen molar-refractivity contribution >= 4 is 0 Å². The molecule has 0 unspecified atom stereocenters. The van der Waals surface area contributed by atoms with Crippen molar-refractivity contribution < 1.29 is 9.15 Å². The van der Waals surface area contributed by atoms with Gasteiger partial charge in [0.15, 0.2) is 5.89 Å². The zero-order chi connectivity index (χ0) is 14.7. The van der Waals surface area contributed by atoms with Crippen LogP contribution in [0.2, 0.25) is 0 Å². The third-order valence-electron chi connectivity index (χ3n) is 3.32. The van der Waals surface area contributed by atoms with Gasteiger partial charge in [0.05, 0.1) is 7.11 Å². The molecule has 2 aromatic rings. The fourth-order valence-corrected chi connectivity index (χ4v) is 2.25. The van der Waals surface area contributed by atoms with Gasteiger partial charge in [-0.1, -0.05) is 19.9 Å². The van der Waals surface area contributed by atoms with Gasteiger partial charge in [-0.2, -0.15) is 0 Å². The van der Waals surface area contributed by atoms with E-state index >= 15 is 0 Å². The van der Waals surface area contributed by atoms with Crippen LogP contribution in [0.15, 0.2) is 22.6 Å². The van der Waals surface area contributed by atoms with Crippen LogP contribution < -0.4 is 10.5 Å². The number of rotatable bonds is 5. The minimum absolute atomic E-state index is 0.450. The lowest BCUT2D eigenvalue weighted by Crippen LogP contribution is -2.03. The van der Waals surface area contributed by atoms with Gasteiger partial charge in [-0.25, -0.2) is 4.98 Å². The summed E-state index contributed by atoms with van der Waals surface area (Å²) in [5, 5.41) is 0. The summed E-state index contributed by atoms with van der Waals surface area (Å²) in [4.78, 5) is 4.51. The molecule has 0 bridgehead atoms. The van der Waals surface area contributed by atoms with E-state index in [0.717, 1.165) is 22.8 Å². The summed E-state index contributed by atoms with van der Waals surface area (Å²) in [6.45, 7) is 6.72. The maximum atomic E-state index is 5.66. The topological polar surface area (TPSA) is 61.3 Å². The van der Waals surface area contributed by atoms with E-state index in [1.54, 1.807) is 7.11 Å². The fourth-order valence-electron chi connectivity index (χ4n) is 2.25. The first kappa shape index (κ1) is 14.6. The van der Waals surface area contributed by atoms with Gasteiger partial charge in [-0.05, 0) is 30.2 Å². The van der Waals surface area contributed by atoms with Crippen LogP contribution >= 0.6 is 0 Å². The molecule has 108 valence electrons. The van der Waals surface area contributed by atoms with E-state index in [1.807, 2.05) is 13.0 Å². The van der Waals surface area contributed by atoms with Gasteiger partial charge in [-0.3, -0.25) is 0 Å². The number of ether oxygens (including phenoxy) is 1. The smallest absolute Gasteiger partial charge is 0.191 e. The van der Waals surface area contributed by atoms with Gasteiger partial charge in [0.25, 0.3) is 0 Å². The third-order valence-corrected chi connectivity index (χ3v) is 3.32. The van der Waals surface area contributed by atoms with Crippen LogP contribution in [0, 0.1) is 6.92 Å². The predicted molar refractivity (Wildman–Crippen MR) is 80.1 cm³/mol. The second-order valence-electron chi connectivity index (χ2n) is 5.16. The molecule has 0 aliphatic rings. The maximum absolute atomic E-state index is 5.66. The lowest BCUT2D eigenvalue weighted by Gasteiger charge is -2.12. The van der Waals surface area contributed by atoms with Crippen LogP contribution in [0.25, 0.3) is 11.3 Å². The SMILES string of the molecule is COc1ccc(C(C)C)cc1-c1nc(C)oc1CCN. The Bertz CT molecular complexity index is 588. The molecule has 0 fully saturated rings. The normalized spacial score (nSPS) is 11.1. The fraction of sp³-hybridized carbons (Fsp3) is 0.438. The van der Waals surface area contributed by atoms with Gasteiger partial charge < -0.3 is 14.9 Å². The van der Waals surface area contributed by atoms with Gasteiger partial charge in [0.1, 0.15) is 17.2 Å². The Labute approximate surface area is 120 Å². The summed E-state index contributed by atoms with van der Waals surface area (Å²) in [6.07, 6.45) is 0.672. The maximum Gasteiger partial charge on any atom is 0.191 e. The second kappa shape index (κ2) is 6.09. The molecule has 0 saturated heterocycles. The quantitative estimate of drug-likeness (QED) is 0.909. The Balaban J connectivity index is 2.57. The van der Waals surface area contributed by atoms with Crippen LogP contribution in [-0.2, 0) is 6.42 Å². The highest BCUT2D eigenvalue weighted by atomic mass is 16.5. The molecule has 2 rings (SSSR count). The zero-order valence-corrected chi connectivity index (χ0v) is 12.6. The molecule has 0 radical (unpaired) electrons. The minimum Gasteiger partial charge on any atom is -0.496 e. The van der Waals surface area contributed by atoms with Crippen LogP contribution in [0.3, 0.4) is 0 Å². The molecule has 0 amide bonds. The van der Waals surface area contributed by atoms with E-state index in [-0.39, 0.29) is 0 Å². The Kier molecular flexibility index (Phi) is 4.45. The summed E-state index contributed by atoms with van der Waals surface area (Å²) >= 11 is 0. The Hall–Kier alpha value is -1.81. The molecule has 0 saturated carbocycles. The highest BCUT2D eigenvalue weighted by Crippen LogP contribution is 2.34. The van der Waals surface area contributed by atoms with E-state index in [9.17, 15) is 0 Å². The van der Waals surface area contributed by atoms with E-state index in [4.69, 9.17) is 14.9 Å². The van der Waals surface area contributed by atoms with Crippen molar-refractivity contribution in [2.24, 2.45) is 5.73 Å². The molecule has 0 aliphatic carbocycles. The van der Waals surface area contributed by atoms with Crippen molar-refractivity contribution in [1.29, 1.82) is 0 Å². The number of hydrogen-bond donors (Lipinski definition) is 1. The molecule has 4 heteroatoms. The molecule has 1 aromatic heterocycles. The van der Waals surface area contributed by atoms with Crippen molar-refractivity contribution in [2.45, 2.75) is 33.1 Å². The number of aromatic nitrogens is 1. The number of nitrogens with two attached hydrogens (primary N) is 1. The molecule has 0 atom stereocenters. The Morgan fingerprint density at radius 3 is 2.70 bits per heavy atom.